The molecule has 0 spiro atoms. The number of carbonyl (C=O) groups is 3. The molecule has 12 heteroatoms. The van der Waals surface area contributed by atoms with Crippen molar-refractivity contribution in [3.8, 4) is 0 Å². The standard InChI is InChI=1S/C31H38F2N4O6/c1-42-18-25-26(28(38)43-2)27(19-8-9-23(32)24(33)16-19)37(30(40)35-25)29(39)34-21-12-15-36(17-21)22-10-13-31(41,14-11-22)20-6-4-3-5-7-20/h3-9,16,21-22,25-27,41H,10-15,17-18H2,1-2H3,(H,34,39)(H,35,40). The molecule has 4 unspecified atom stereocenters. The molecular formula is C31H38F2N4O6. The topological polar surface area (TPSA) is 120 Å². The van der Waals surface area contributed by atoms with Gasteiger partial charge in [-0.3, -0.25) is 9.69 Å². The number of ether oxygens (including phenoxy) is 2. The number of benzene rings is 2. The Morgan fingerprint density at radius 2 is 1.79 bits per heavy atom. The number of aliphatic hydroxyl groups is 1. The lowest BCUT2D eigenvalue weighted by molar-refractivity contribution is -0.150. The Hall–Kier alpha value is -3.61. The fourth-order valence-electron chi connectivity index (χ4n) is 6.81. The highest BCUT2D eigenvalue weighted by molar-refractivity contribution is 5.96. The molecule has 43 heavy (non-hydrogen) atoms. The number of urea groups is 2. The zero-order valence-electron chi connectivity index (χ0n) is 24.3. The Morgan fingerprint density at radius 3 is 2.44 bits per heavy atom. The molecule has 3 aliphatic rings. The van der Waals surface area contributed by atoms with E-state index in [2.05, 4.69) is 15.5 Å². The molecular weight excluding hydrogens is 562 g/mol. The van der Waals surface area contributed by atoms with Crippen molar-refractivity contribution in [2.45, 2.75) is 61.9 Å². The highest BCUT2D eigenvalue weighted by atomic mass is 19.2. The molecule has 1 aliphatic carbocycles. The van der Waals surface area contributed by atoms with E-state index in [9.17, 15) is 28.3 Å². The monoisotopic (exact) mass is 600 g/mol. The molecule has 1 saturated carbocycles. The molecule has 4 atom stereocenters. The van der Waals surface area contributed by atoms with Crippen molar-refractivity contribution in [1.29, 1.82) is 0 Å². The third-order valence-corrected chi connectivity index (χ3v) is 9.06. The lowest BCUT2D eigenvalue weighted by atomic mass is 9.77. The zero-order chi connectivity index (χ0) is 30.7. The largest absolute Gasteiger partial charge is 0.469 e. The maximum atomic E-state index is 14.4. The minimum Gasteiger partial charge on any atom is -0.469 e. The number of amides is 4. The average Bonchev–Trinajstić information content (AvgIpc) is 3.47. The van der Waals surface area contributed by atoms with Gasteiger partial charge in [-0.25, -0.2) is 23.3 Å². The van der Waals surface area contributed by atoms with Gasteiger partial charge in [0.05, 0.1) is 31.4 Å². The number of halogens is 2. The smallest absolute Gasteiger partial charge is 0.326 e. The van der Waals surface area contributed by atoms with E-state index in [0.29, 0.717) is 25.8 Å². The number of methoxy groups -OCH3 is 2. The Balaban J connectivity index is 1.30. The summed E-state index contributed by atoms with van der Waals surface area (Å²) >= 11 is 0. The summed E-state index contributed by atoms with van der Waals surface area (Å²) in [5.74, 6) is -4.16. The molecule has 10 nitrogen and oxygen atoms in total. The van der Waals surface area contributed by atoms with Crippen molar-refractivity contribution in [2.75, 3.05) is 33.9 Å². The van der Waals surface area contributed by atoms with Crippen LogP contribution < -0.4 is 10.6 Å². The van der Waals surface area contributed by atoms with E-state index in [1.807, 2.05) is 30.3 Å². The average molecular weight is 601 g/mol. The molecule has 0 radical (unpaired) electrons. The van der Waals surface area contributed by atoms with Gasteiger partial charge in [0.15, 0.2) is 11.6 Å². The molecule has 2 heterocycles. The Kier molecular flexibility index (Phi) is 9.28. The number of rotatable bonds is 7. The number of esters is 1. The first kappa shape index (κ1) is 30.8. The summed E-state index contributed by atoms with van der Waals surface area (Å²) in [7, 11) is 2.57. The van der Waals surface area contributed by atoms with Crippen LogP contribution in [0.4, 0.5) is 18.4 Å². The van der Waals surface area contributed by atoms with Crippen LogP contribution in [0.3, 0.4) is 0 Å². The van der Waals surface area contributed by atoms with Gasteiger partial charge in [0, 0.05) is 32.3 Å². The fraction of sp³-hybridized carbons (Fsp3) is 0.516. The molecule has 0 aromatic heterocycles. The van der Waals surface area contributed by atoms with Crippen LogP contribution in [-0.2, 0) is 19.9 Å². The van der Waals surface area contributed by atoms with Crippen LogP contribution in [0.25, 0.3) is 0 Å². The van der Waals surface area contributed by atoms with Gasteiger partial charge in [0.1, 0.15) is 5.92 Å². The molecule has 2 aliphatic heterocycles. The maximum Gasteiger partial charge on any atom is 0.326 e. The number of nitrogens with zero attached hydrogens (tertiary/aromatic N) is 2. The minimum atomic E-state index is -1.28. The molecule has 232 valence electrons. The summed E-state index contributed by atoms with van der Waals surface area (Å²) in [4.78, 5) is 43.1. The van der Waals surface area contributed by atoms with Crippen molar-refractivity contribution in [3.63, 3.8) is 0 Å². The number of nitrogens with one attached hydrogen (secondary N) is 2. The second kappa shape index (κ2) is 12.9. The van der Waals surface area contributed by atoms with Crippen molar-refractivity contribution >= 4 is 18.0 Å². The lowest BCUT2D eigenvalue weighted by Crippen LogP contribution is -2.65. The van der Waals surface area contributed by atoms with Gasteiger partial charge in [-0.1, -0.05) is 36.4 Å². The Bertz CT molecular complexity index is 1320. The number of imide groups is 1. The SMILES string of the molecule is COCC1NC(=O)N(C(=O)NC2CCN(C3CCC(O)(c4ccccc4)CC3)C2)C(c2ccc(F)c(F)c2)C1C(=O)OC. The third-order valence-electron chi connectivity index (χ3n) is 9.06. The first-order valence-corrected chi connectivity index (χ1v) is 14.6. The first-order chi connectivity index (χ1) is 20.6. The zero-order valence-corrected chi connectivity index (χ0v) is 24.3. The van der Waals surface area contributed by atoms with Crippen LogP contribution in [-0.4, -0.2) is 85.0 Å². The summed E-state index contributed by atoms with van der Waals surface area (Å²) in [5.41, 5.74) is 0.147. The number of likely N-dealkylation sites (tertiary alicyclic amines) is 1. The van der Waals surface area contributed by atoms with E-state index in [1.54, 1.807) is 0 Å². The number of hydrogen-bond donors (Lipinski definition) is 3. The van der Waals surface area contributed by atoms with Gasteiger partial charge in [-0.05, 0) is 55.4 Å². The van der Waals surface area contributed by atoms with E-state index in [4.69, 9.17) is 9.47 Å². The van der Waals surface area contributed by atoms with Gasteiger partial charge in [-0.15, -0.1) is 0 Å². The molecule has 3 fully saturated rings. The number of carbonyl (C=O) groups excluding carboxylic acids is 3. The molecule has 2 saturated heterocycles. The van der Waals surface area contributed by atoms with Crippen molar-refractivity contribution in [2.24, 2.45) is 5.92 Å². The van der Waals surface area contributed by atoms with E-state index < -0.39 is 53.3 Å². The van der Waals surface area contributed by atoms with E-state index >= 15 is 0 Å². The Labute approximate surface area is 249 Å². The fourth-order valence-corrected chi connectivity index (χ4v) is 6.81. The molecule has 0 bridgehead atoms. The lowest BCUT2D eigenvalue weighted by Gasteiger charge is -2.43. The van der Waals surface area contributed by atoms with Gasteiger partial charge in [0.25, 0.3) is 0 Å². The summed E-state index contributed by atoms with van der Waals surface area (Å²) in [6.07, 6.45) is 3.53. The second-order valence-corrected chi connectivity index (χ2v) is 11.6. The van der Waals surface area contributed by atoms with Crippen LogP contribution in [0, 0.1) is 17.6 Å². The summed E-state index contributed by atoms with van der Waals surface area (Å²) in [5, 5.41) is 16.8. The quantitative estimate of drug-likeness (QED) is 0.417. The highest BCUT2D eigenvalue weighted by Crippen LogP contribution is 2.40. The molecule has 2 aromatic rings. The molecule has 4 amide bonds. The van der Waals surface area contributed by atoms with Gasteiger partial charge in [-0.2, -0.15) is 0 Å². The van der Waals surface area contributed by atoms with Crippen LogP contribution >= 0.6 is 0 Å². The normalized spacial score (nSPS) is 29.7. The van der Waals surface area contributed by atoms with Crippen molar-refractivity contribution in [3.05, 3.63) is 71.3 Å². The van der Waals surface area contributed by atoms with E-state index in [0.717, 1.165) is 42.0 Å². The number of hydrogen-bond acceptors (Lipinski definition) is 7. The predicted molar refractivity (Wildman–Crippen MR) is 152 cm³/mol. The van der Waals surface area contributed by atoms with Gasteiger partial charge in [0.2, 0.25) is 0 Å². The first-order valence-electron chi connectivity index (χ1n) is 14.6. The third kappa shape index (κ3) is 6.36. The van der Waals surface area contributed by atoms with Gasteiger partial charge < -0.3 is 25.2 Å². The molecule has 2 aromatic carbocycles. The van der Waals surface area contributed by atoms with E-state index in [-0.39, 0.29) is 24.3 Å². The minimum absolute atomic E-state index is 0.0699. The Morgan fingerprint density at radius 1 is 1.07 bits per heavy atom. The van der Waals surface area contributed by atoms with Crippen LogP contribution in [0.1, 0.15) is 49.3 Å². The summed E-state index contributed by atoms with van der Waals surface area (Å²) < 4.78 is 38.4. The second-order valence-electron chi connectivity index (χ2n) is 11.6. The van der Waals surface area contributed by atoms with Crippen molar-refractivity contribution < 1.29 is 37.7 Å². The summed E-state index contributed by atoms with van der Waals surface area (Å²) in [6, 6.07) is 8.98. The highest BCUT2D eigenvalue weighted by Gasteiger charge is 2.50. The molecule has 3 N–H and O–H groups in total. The molecule has 5 rings (SSSR count). The predicted octanol–water partition coefficient (Wildman–Crippen LogP) is 3.45. The van der Waals surface area contributed by atoms with E-state index in [1.165, 1.54) is 20.3 Å². The summed E-state index contributed by atoms with van der Waals surface area (Å²) in [6.45, 7) is 1.22. The van der Waals surface area contributed by atoms with Gasteiger partial charge >= 0.3 is 18.0 Å². The van der Waals surface area contributed by atoms with Crippen LogP contribution in [0.5, 0.6) is 0 Å². The van der Waals surface area contributed by atoms with Crippen LogP contribution in [0.15, 0.2) is 48.5 Å². The maximum absolute atomic E-state index is 14.4. The van der Waals surface area contributed by atoms with Crippen molar-refractivity contribution in [1.82, 2.24) is 20.4 Å². The van der Waals surface area contributed by atoms with Crippen LogP contribution in [0.2, 0.25) is 0 Å².